The zero-order valence-corrected chi connectivity index (χ0v) is 15.5. The average molecular weight is 399 g/mol. The van der Waals surface area contributed by atoms with Crippen molar-refractivity contribution < 1.29 is 27.1 Å². The molecule has 4 rings (SSSR count). The van der Waals surface area contributed by atoms with Crippen molar-refractivity contribution in [2.75, 3.05) is 18.9 Å². The second-order valence-electron chi connectivity index (χ2n) is 7.36. The number of hydrogen-bond donors (Lipinski definition) is 2. The second-order valence-corrected chi connectivity index (χ2v) is 7.36. The highest BCUT2D eigenvalue weighted by Crippen LogP contribution is 2.45. The van der Waals surface area contributed by atoms with E-state index in [0.29, 0.717) is 24.1 Å². The van der Waals surface area contributed by atoms with Gasteiger partial charge in [0.2, 0.25) is 11.8 Å². The molecule has 2 saturated heterocycles. The topological polar surface area (TPSA) is 85.0 Å². The van der Waals surface area contributed by atoms with Gasteiger partial charge in [-0.25, -0.2) is 4.39 Å². The SMILES string of the molecule is CCC1CC(Oc2cncc(Nc3cc(OC(F)F)n[nH]3)n2)C(F)C2C[N+]12C. The minimum atomic E-state index is -2.96. The molecule has 0 aliphatic carbocycles. The maximum atomic E-state index is 14.8. The maximum Gasteiger partial charge on any atom is 0.388 e. The Hall–Kier alpha value is -2.56. The molecule has 11 heteroatoms. The largest absolute Gasteiger partial charge is 0.470 e. The number of ether oxygens (including phenoxy) is 2. The van der Waals surface area contributed by atoms with Crippen molar-refractivity contribution in [1.29, 1.82) is 0 Å². The number of anilines is 2. The molecule has 0 radical (unpaired) electrons. The molecule has 2 aromatic rings. The molecule has 0 amide bonds. The Morgan fingerprint density at radius 1 is 1.36 bits per heavy atom. The van der Waals surface area contributed by atoms with Crippen molar-refractivity contribution in [1.82, 2.24) is 20.2 Å². The average Bonchev–Trinajstić information content (AvgIpc) is 3.18. The van der Waals surface area contributed by atoms with Crippen LogP contribution in [0.15, 0.2) is 18.5 Å². The summed E-state index contributed by atoms with van der Waals surface area (Å²) in [7, 11) is 2.10. The summed E-state index contributed by atoms with van der Waals surface area (Å²) >= 11 is 0. The number of nitrogens with zero attached hydrogens (tertiary/aromatic N) is 4. The van der Waals surface area contributed by atoms with Crippen LogP contribution in [0.5, 0.6) is 11.8 Å². The summed E-state index contributed by atoms with van der Waals surface area (Å²) in [6.07, 6.45) is 2.83. The molecule has 0 spiro atoms. The number of halogens is 3. The van der Waals surface area contributed by atoms with Gasteiger partial charge in [-0.05, 0) is 6.42 Å². The Morgan fingerprint density at radius 3 is 2.93 bits per heavy atom. The fourth-order valence-corrected chi connectivity index (χ4v) is 4.06. The summed E-state index contributed by atoms with van der Waals surface area (Å²) < 4.78 is 50.0. The number of alkyl halides is 3. The zero-order valence-electron chi connectivity index (χ0n) is 15.5. The van der Waals surface area contributed by atoms with Gasteiger partial charge in [0.25, 0.3) is 0 Å². The quantitative estimate of drug-likeness (QED) is 0.550. The molecular formula is C17H22F3N6O2+. The predicted molar refractivity (Wildman–Crippen MR) is 93.4 cm³/mol. The van der Waals surface area contributed by atoms with Crippen molar-refractivity contribution in [3.8, 4) is 11.8 Å². The van der Waals surface area contributed by atoms with Gasteiger partial charge >= 0.3 is 6.61 Å². The number of H-pyrrole nitrogens is 1. The molecule has 2 aliphatic heterocycles. The third-order valence-electron chi connectivity index (χ3n) is 5.65. The molecule has 152 valence electrons. The molecule has 5 unspecified atom stereocenters. The van der Waals surface area contributed by atoms with Gasteiger partial charge in [0.1, 0.15) is 18.5 Å². The minimum Gasteiger partial charge on any atom is -0.470 e. The van der Waals surface area contributed by atoms with E-state index in [2.05, 4.69) is 44.2 Å². The van der Waals surface area contributed by atoms with Crippen molar-refractivity contribution in [3.05, 3.63) is 18.5 Å². The van der Waals surface area contributed by atoms with Crippen LogP contribution in [-0.4, -0.2) is 69.2 Å². The van der Waals surface area contributed by atoms with E-state index in [0.717, 1.165) is 17.4 Å². The van der Waals surface area contributed by atoms with E-state index in [4.69, 9.17) is 4.74 Å². The van der Waals surface area contributed by atoms with Gasteiger partial charge in [-0.3, -0.25) is 10.1 Å². The molecular weight excluding hydrogens is 377 g/mol. The van der Waals surface area contributed by atoms with Gasteiger partial charge in [-0.2, -0.15) is 13.8 Å². The number of fused-ring (bicyclic) bond motifs is 1. The molecule has 8 nitrogen and oxygen atoms in total. The van der Waals surface area contributed by atoms with E-state index in [1.54, 1.807) is 0 Å². The molecule has 28 heavy (non-hydrogen) atoms. The van der Waals surface area contributed by atoms with E-state index < -0.39 is 18.9 Å². The first-order valence-corrected chi connectivity index (χ1v) is 9.14. The Morgan fingerprint density at radius 2 is 2.18 bits per heavy atom. The summed E-state index contributed by atoms with van der Waals surface area (Å²) in [5.41, 5.74) is 0. The van der Waals surface area contributed by atoms with Gasteiger partial charge in [0, 0.05) is 12.5 Å². The first-order valence-electron chi connectivity index (χ1n) is 9.14. The predicted octanol–water partition coefficient (Wildman–Crippen LogP) is 2.64. The van der Waals surface area contributed by atoms with Crippen LogP contribution < -0.4 is 14.8 Å². The summed E-state index contributed by atoms with van der Waals surface area (Å²) in [5.74, 6) is 0.541. The van der Waals surface area contributed by atoms with E-state index in [1.165, 1.54) is 18.5 Å². The van der Waals surface area contributed by atoms with E-state index in [-0.39, 0.29) is 17.8 Å². The molecule has 2 aliphatic rings. The molecule has 4 heterocycles. The lowest BCUT2D eigenvalue weighted by atomic mass is 9.96. The van der Waals surface area contributed by atoms with Crippen LogP contribution in [0.3, 0.4) is 0 Å². The number of piperidine rings is 1. The van der Waals surface area contributed by atoms with E-state index in [9.17, 15) is 13.2 Å². The third-order valence-corrected chi connectivity index (χ3v) is 5.65. The lowest BCUT2D eigenvalue weighted by Gasteiger charge is -2.35. The monoisotopic (exact) mass is 399 g/mol. The maximum absolute atomic E-state index is 14.8. The second kappa shape index (κ2) is 7.12. The molecule has 5 atom stereocenters. The van der Waals surface area contributed by atoms with Gasteiger partial charge in [0.05, 0.1) is 25.5 Å². The molecule has 2 fully saturated rings. The summed E-state index contributed by atoms with van der Waals surface area (Å²) in [6, 6.07) is 1.61. The number of hydrogen-bond acceptors (Lipinski definition) is 6. The number of quaternary nitrogens is 1. The smallest absolute Gasteiger partial charge is 0.388 e. The minimum absolute atomic E-state index is 0.0174. The highest BCUT2D eigenvalue weighted by atomic mass is 19.3. The standard InChI is InChI=1S/C17H22F3N6O2/c1-3-9-4-11(16(18)10-8-26(9,10)2)27-15-7-21-6-13(23-15)22-12-5-14(25-24-12)28-17(19)20/h5-7,9-11,16-17H,3-4,8H2,1-2H3,(H2,22,23,24,25)/q+1. The number of likely N-dealkylation sites (N-methyl/N-ethyl adjacent to an activating group) is 1. The number of aromatic nitrogens is 4. The molecule has 0 aromatic carbocycles. The highest BCUT2D eigenvalue weighted by Gasteiger charge is 2.66. The van der Waals surface area contributed by atoms with Crippen molar-refractivity contribution in [3.63, 3.8) is 0 Å². The van der Waals surface area contributed by atoms with Crippen molar-refractivity contribution in [2.24, 2.45) is 0 Å². The van der Waals surface area contributed by atoms with Crippen LogP contribution in [0.25, 0.3) is 0 Å². The molecule has 2 aromatic heterocycles. The van der Waals surface area contributed by atoms with Crippen LogP contribution in [0.4, 0.5) is 24.8 Å². The fourth-order valence-electron chi connectivity index (χ4n) is 4.06. The number of nitrogens with one attached hydrogen (secondary N) is 2. The first kappa shape index (κ1) is 18.8. The third kappa shape index (κ3) is 3.58. The van der Waals surface area contributed by atoms with Crippen molar-refractivity contribution in [2.45, 2.75) is 50.7 Å². The van der Waals surface area contributed by atoms with Crippen LogP contribution in [0.2, 0.25) is 0 Å². The Balaban J connectivity index is 1.42. The van der Waals surface area contributed by atoms with Gasteiger partial charge < -0.3 is 19.3 Å². The van der Waals surface area contributed by atoms with E-state index >= 15 is 0 Å². The lowest BCUT2D eigenvalue weighted by molar-refractivity contribution is -0.829. The Labute approximate surface area is 159 Å². The number of rotatable bonds is 7. The normalized spacial score (nSPS) is 31.4. The van der Waals surface area contributed by atoms with Gasteiger partial charge in [0.15, 0.2) is 18.0 Å². The molecule has 0 bridgehead atoms. The Bertz CT molecular complexity index is 837. The number of aromatic amines is 1. The van der Waals surface area contributed by atoms with Crippen LogP contribution >= 0.6 is 0 Å². The lowest BCUT2D eigenvalue weighted by Crippen LogP contribution is -2.51. The fraction of sp³-hybridized carbons (Fsp3) is 0.588. The Kier molecular flexibility index (Phi) is 4.77. The zero-order chi connectivity index (χ0) is 19.9. The molecule has 0 saturated carbocycles. The van der Waals surface area contributed by atoms with Crippen LogP contribution in [0, 0.1) is 0 Å². The summed E-state index contributed by atoms with van der Waals surface area (Å²) in [5, 5.41) is 8.94. The van der Waals surface area contributed by atoms with Gasteiger partial charge in [-0.15, -0.1) is 5.10 Å². The van der Waals surface area contributed by atoms with Crippen molar-refractivity contribution >= 4 is 11.6 Å². The van der Waals surface area contributed by atoms with E-state index in [1.807, 2.05) is 0 Å². The first-order chi connectivity index (χ1) is 13.4. The van der Waals surface area contributed by atoms with Gasteiger partial charge in [-0.1, -0.05) is 6.92 Å². The molecule has 2 N–H and O–H groups in total. The summed E-state index contributed by atoms with van der Waals surface area (Å²) in [4.78, 5) is 8.32. The van der Waals surface area contributed by atoms with Crippen LogP contribution in [0.1, 0.15) is 19.8 Å². The summed E-state index contributed by atoms with van der Waals surface area (Å²) in [6.45, 7) is -0.00837. The highest BCUT2D eigenvalue weighted by molar-refractivity contribution is 5.52. The van der Waals surface area contributed by atoms with Crippen LogP contribution in [-0.2, 0) is 0 Å².